The number of likely N-dealkylation sites (tertiary alicyclic amines) is 1. The summed E-state index contributed by atoms with van der Waals surface area (Å²) in [6.45, 7) is 15.3. The fraction of sp³-hybridized carbons (Fsp3) is 0.864. The van der Waals surface area contributed by atoms with E-state index < -0.39 is 0 Å². The molecule has 2 N–H and O–H groups in total. The zero-order valence-electron chi connectivity index (χ0n) is 19.6. The summed E-state index contributed by atoms with van der Waals surface area (Å²) in [6, 6.07) is 0.500. The Morgan fingerprint density at radius 3 is 2.61 bits per heavy atom. The molecule has 0 amide bonds. The standard InChI is InChI=1S/C22H42N8O/c1-3-10-28-12-6-20(7-13-28)26-22(23-8-5-11-29-15-17-31-18-16-29)24-9-14-30-19-25-27-21(30)4-2/h19-20H,3-18H2,1-2H3,(H2,23,24,26). The van der Waals surface area contributed by atoms with Crippen LogP contribution in [0, 0.1) is 0 Å². The van der Waals surface area contributed by atoms with Crippen molar-refractivity contribution in [2.24, 2.45) is 4.99 Å². The van der Waals surface area contributed by atoms with E-state index in [1.807, 2.05) is 6.33 Å². The molecule has 1 aromatic rings. The van der Waals surface area contributed by atoms with Gasteiger partial charge in [-0.05, 0) is 32.2 Å². The lowest BCUT2D eigenvalue weighted by atomic mass is 10.1. The molecule has 2 fully saturated rings. The fourth-order valence-corrected chi connectivity index (χ4v) is 4.31. The van der Waals surface area contributed by atoms with E-state index in [1.54, 1.807) is 0 Å². The Morgan fingerprint density at radius 1 is 1.10 bits per heavy atom. The van der Waals surface area contributed by atoms with Gasteiger partial charge in [0.15, 0.2) is 5.96 Å². The number of aryl methyl sites for hydroxylation is 1. The first-order chi connectivity index (χ1) is 15.3. The van der Waals surface area contributed by atoms with Gasteiger partial charge in [-0.2, -0.15) is 0 Å². The summed E-state index contributed by atoms with van der Waals surface area (Å²) in [6.07, 6.45) is 7.39. The maximum atomic E-state index is 5.44. The van der Waals surface area contributed by atoms with Crippen LogP contribution in [0.3, 0.4) is 0 Å². The number of nitrogens with one attached hydrogen (secondary N) is 2. The third-order valence-corrected chi connectivity index (χ3v) is 6.13. The van der Waals surface area contributed by atoms with Crippen LogP contribution in [-0.4, -0.2) is 102 Å². The molecule has 0 saturated carbocycles. The van der Waals surface area contributed by atoms with E-state index in [0.717, 1.165) is 77.1 Å². The van der Waals surface area contributed by atoms with Gasteiger partial charge in [0.1, 0.15) is 12.2 Å². The Hall–Kier alpha value is -1.71. The lowest BCUT2D eigenvalue weighted by Gasteiger charge is -2.33. The van der Waals surface area contributed by atoms with Crippen molar-refractivity contribution in [2.75, 3.05) is 65.6 Å². The normalized spacial score (nSPS) is 19.6. The van der Waals surface area contributed by atoms with Crippen LogP contribution in [0.15, 0.2) is 11.3 Å². The molecular formula is C22H42N8O. The van der Waals surface area contributed by atoms with Gasteiger partial charge in [0, 0.05) is 64.8 Å². The molecule has 2 aliphatic heterocycles. The second kappa shape index (κ2) is 13.6. The van der Waals surface area contributed by atoms with Crippen molar-refractivity contribution >= 4 is 5.96 Å². The first-order valence-electron chi connectivity index (χ1n) is 12.2. The predicted octanol–water partition coefficient (Wildman–Crippen LogP) is 0.972. The van der Waals surface area contributed by atoms with E-state index in [0.29, 0.717) is 6.04 Å². The minimum Gasteiger partial charge on any atom is -0.379 e. The molecule has 9 heteroatoms. The second-order valence-corrected chi connectivity index (χ2v) is 8.52. The Balaban J connectivity index is 1.46. The average Bonchev–Trinajstić information content (AvgIpc) is 3.26. The Kier molecular flexibility index (Phi) is 10.5. The van der Waals surface area contributed by atoms with Gasteiger partial charge < -0.3 is 24.8 Å². The molecule has 0 spiro atoms. The summed E-state index contributed by atoms with van der Waals surface area (Å²) < 4.78 is 7.56. The quantitative estimate of drug-likeness (QED) is 0.305. The van der Waals surface area contributed by atoms with Gasteiger partial charge in [-0.3, -0.25) is 9.89 Å². The summed E-state index contributed by atoms with van der Waals surface area (Å²) in [4.78, 5) is 9.95. The van der Waals surface area contributed by atoms with Crippen LogP contribution in [0.2, 0.25) is 0 Å². The lowest BCUT2D eigenvalue weighted by molar-refractivity contribution is 0.0377. The van der Waals surface area contributed by atoms with Crippen LogP contribution < -0.4 is 10.6 Å². The second-order valence-electron chi connectivity index (χ2n) is 8.52. The maximum Gasteiger partial charge on any atom is 0.191 e. The molecule has 3 rings (SSSR count). The van der Waals surface area contributed by atoms with E-state index in [1.165, 1.54) is 38.9 Å². The number of aliphatic imine (C=N–C) groups is 1. The van der Waals surface area contributed by atoms with E-state index in [2.05, 4.69) is 49.0 Å². The van der Waals surface area contributed by atoms with Gasteiger partial charge in [-0.15, -0.1) is 10.2 Å². The number of ether oxygens (including phenoxy) is 1. The van der Waals surface area contributed by atoms with Crippen LogP contribution in [0.1, 0.15) is 45.4 Å². The minimum atomic E-state index is 0.500. The Labute approximate surface area is 187 Å². The molecule has 3 heterocycles. The summed E-state index contributed by atoms with van der Waals surface area (Å²) >= 11 is 0. The van der Waals surface area contributed by atoms with Crippen molar-refractivity contribution in [3.8, 4) is 0 Å². The molecule has 0 bridgehead atoms. The number of nitrogens with zero attached hydrogens (tertiary/aromatic N) is 6. The lowest BCUT2D eigenvalue weighted by Crippen LogP contribution is -2.49. The highest BCUT2D eigenvalue weighted by Crippen LogP contribution is 2.10. The number of guanidine groups is 1. The van der Waals surface area contributed by atoms with Gasteiger partial charge in [0.25, 0.3) is 0 Å². The predicted molar refractivity (Wildman–Crippen MR) is 124 cm³/mol. The van der Waals surface area contributed by atoms with E-state index in [4.69, 9.17) is 9.73 Å². The Bertz CT molecular complexity index is 635. The maximum absolute atomic E-state index is 5.44. The van der Waals surface area contributed by atoms with Crippen LogP contribution in [0.4, 0.5) is 0 Å². The summed E-state index contributed by atoms with van der Waals surface area (Å²) in [5.74, 6) is 1.98. The highest BCUT2D eigenvalue weighted by atomic mass is 16.5. The molecular weight excluding hydrogens is 392 g/mol. The van der Waals surface area contributed by atoms with Gasteiger partial charge >= 0.3 is 0 Å². The van der Waals surface area contributed by atoms with Crippen molar-refractivity contribution in [1.82, 2.24) is 35.2 Å². The number of hydrogen-bond donors (Lipinski definition) is 2. The third kappa shape index (κ3) is 8.38. The molecule has 31 heavy (non-hydrogen) atoms. The largest absolute Gasteiger partial charge is 0.379 e. The van der Waals surface area contributed by atoms with Crippen LogP contribution >= 0.6 is 0 Å². The molecule has 2 saturated heterocycles. The molecule has 176 valence electrons. The molecule has 9 nitrogen and oxygen atoms in total. The number of rotatable bonds is 11. The summed E-state index contributed by atoms with van der Waals surface area (Å²) in [7, 11) is 0. The molecule has 0 radical (unpaired) electrons. The van der Waals surface area contributed by atoms with Gasteiger partial charge in [-0.25, -0.2) is 0 Å². The SMILES string of the molecule is CCCN1CCC(NC(=NCCCN2CCOCC2)NCCn2cnnc2CC)CC1. The van der Waals surface area contributed by atoms with E-state index in [9.17, 15) is 0 Å². The summed E-state index contributed by atoms with van der Waals surface area (Å²) in [5.41, 5.74) is 0. The van der Waals surface area contributed by atoms with E-state index in [-0.39, 0.29) is 0 Å². The zero-order chi connectivity index (χ0) is 21.7. The van der Waals surface area contributed by atoms with Gasteiger partial charge in [-0.1, -0.05) is 13.8 Å². The monoisotopic (exact) mass is 434 g/mol. The highest BCUT2D eigenvalue weighted by Gasteiger charge is 2.19. The topological polar surface area (TPSA) is 82.8 Å². The molecule has 0 unspecified atom stereocenters. The van der Waals surface area contributed by atoms with Crippen molar-refractivity contribution in [1.29, 1.82) is 0 Å². The third-order valence-electron chi connectivity index (χ3n) is 6.13. The Morgan fingerprint density at radius 2 is 1.87 bits per heavy atom. The highest BCUT2D eigenvalue weighted by molar-refractivity contribution is 5.80. The minimum absolute atomic E-state index is 0.500. The molecule has 2 aliphatic rings. The smallest absolute Gasteiger partial charge is 0.191 e. The number of aromatic nitrogens is 3. The molecule has 0 atom stereocenters. The fourth-order valence-electron chi connectivity index (χ4n) is 4.31. The first kappa shape index (κ1) is 23.9. The average molecular weight is 435 g/mol. The molecule has 0 aromatic carbocycles. The zero-order valence-corrected chi connectivity index (χ0v) is 19.6. The van der Waals surface area contributed by atoms with Crippen LogP contribution in [-0.2, 0) is 17.7 Å². The van der Waals surface area contributed by atoms with Crippen molar-refractivity contribution in [3.05, 3.63) is 12.2 Å². The number of piperidine rings is 1. The van der Waals surface area contributed by atoms with Crippen molar-refractivity contribution in [3.63, 3.8) is 0 Å². The van der Waals surface area contributed by atoms with Crippen LogP contribution in [0.5, 0.6) is 0 Å². The van der Waals surface area contributed by atoms with Gasteiger partial charge in [0.05, 0.1) is 13.2 Å². The van der Waals surface area contributed by atoms with Crippen LogP contribution in [0.25, 0.3) is 0 Å². The van der Waals surface area contributed by atoms with Gasteiger partial charge in [0.2, 0.25) is 0 Å². The van der Waals surface area contributed by atoms with E-state index >= 15 is 0 Å². The number of morpholine rings is 1. The molecule has 1 aromatic heterocycles. The molecule has 0 aliphatic carbocycles. The first-order valence-corrected chi connectivity index (χ1v) is 12.2. The number of hydrogen-bond acceptors (Lipinski definition) is 6. The summed E-state index contributed by atoms with van der Waals surface area (Å²) in [5, 5.41) is 15.5. The van der Waals surface area contributed by atoms with Crippen molar-refractivity contribution < 1.29 is 4.74 Å². The van der Waals surface area contributed by atoms with Crippen molar-refractivity contribution in [2.45, 2.75) is 58.5 Å².